The van der Waals surface area contributed by atoms with Crippen LogP contribution in [0.15, 0.2) is 48.5 Å². The summed E-state index contributed by atoms with van der Waals surface area (Å²) in [6, 6.07) is 18.4. The van der Waals surface area contributed by atoms with Crippen molar-refractivity contribution in [2.45, 2.75) is 26.3 Å². The number of nitrogens with one attached hydrogen (secondary N) is 2. The molecule has 0 spiro atoms. The van der Waals surface area contributed by atoms with Gasteiger partial charge in [0.2, 0.25) is 0 Å². The molecule has 0 aromatic heterocycles. The average Bonchev–Trinajstić information content (AvgIpc) is 2.50. The zero-order valence-electron chi connectivity index (χ0n) is 12.8. The lowest BCUT2D eigenvalue weighted by atomic mass is 10.1. The minimum atomic E-state index is 0.137. The minimum Gasteiger partial charge on any atom is -0.356 e. The molecule has 2 aromatic carbocycles. The Morgan fingerprint density at radius 1 is 1.14 bits per heavy atom. The van der Waals surface area contributed by atoms with Crippen LogP contribution in [0, 0.1) is 18.3 Å². The average molecular weight is 309 g/mol. The standard InChI is InChI=1S/C18H19N3S/c1-13-3-7-16(8-4-13)14(2)20-18(22)21-17-9-5-15(6-10-17)11-12-19/h3-10,14H,11H2,1-2H3,(H2,20,21,22). The highest BCUT2D eigenvalue weighted by atomic mass is 32.1. The predicted molar refractivity (Wildman–Crippen MR) is 94.7 cm³/mol. The van der Waals surface area contributed by atoms with E-state index in [-0.39, 0.29) is 6.04 Å². The second-order valence-electron chi connectivity index (χ2n) is 5.26. The van der Waals surface area contributed by atoms with Crippen LogP contribution in [0.3, 0.4) is 0 Å². The first kappa shape index (κ1) is 16.0. The molecule has 1 atom stereocenters. The molecule has 0 saturated carbocycles. The van der Waals surface area contributed by atoms with Crippen LogP contribution in [0.5, 0.6) is 0 Å². The number of rotatable bonds is 4. The van der Waals surface area contributed by atoms with Crippen LogP contribution in [0.4, 0.5) is 5.69 Å². The number of benzene rings is 2. The van der Waals surface area contributed by atoms with Crippen molar-refractivity contribution < 1.29 is 0 Å². The summed E-state index contributed by atoms with van der Waals surface area (Å²) in [5, 5.41) is 15.7. The Hall–Kier alpha value is -2.38. The van der Waals surface area contributed by atoms with E-state index >= 15 is 0 Å². The van der Waals surface area contributed by atoms with Gasteiger partial charge in [0, 0.05) is 5.69 Å². The third-order valence-electron chi connectivity index (χ3n) is 3.42. The molecule has 2 rings (SSSR count). The number of anilines is 1. The maximum Gasteiger partial charge on any atom is 0.171 e. The monoisotopic (exact) mass is 309 g/mol. The Labute approximate surface area is 137 Å². The fourth-order valence-corrected chi connectivity index (χ4v) is 2.39. The van der Waals surface area contributed by atoms with Crippen LogP contribution in [0.1, 0.15) is 29.7 Å². The second kappa shape index (κ2) is 7.58. The molecule has 0 amide bonds. The van der Waals surface area contributed by atoms with Crippen LogP contribution < -0.4 is 10.6 Å². The van der Waals surface area contributed by atoms with Gasteiger partial charge in [-0.15, -0.1) is 0 Å². The lowest BCUT2D eigenvalue weighted by Crippen LogP contribution is -2.30. The fourth-order valence-electron chi connectivity index (χ4n) is 2.10. The van der Waals surface area contributed by atoms with Crippen molar-refractivity contribution >= 4 is 23.0 Å². The van der Waals surface area contributed by atoms with E-state index in [4.69, 9.17) is 17.5 Å². The minimum absolute atomic E-state index is 0.137. The fraction of sp³-hybridized carbons (Fsp3) is 0.222. The second-order valence-corrected chi connectivity index (χ2v) is 5.67. The van der Waals surface area contributed by atoms with E-state index in [1.165, 1.54) is 11.1 Å². The van der Waals surface area contributed by atoms with Crippen molar-refractivity contribution in [2.75, 3.05) is 5.32 Å². The van der Waals surface area contributed by atoms with Gasteiger partial charge in [-0.05, 0) is 49.3 Å². The summed E-state index contributed by atoms with van der Waals surface area (Å²) >= 11 is 5.35. The molecular weight excluding hydrogens is 290 g/mol. The molecule has 0 aliphatic rings. The molecule has 2 aromatic rings. The molecule has 112 valence electrons. The van der Waals surface area contributed by atoms with Crippen molar-refractivity contribution in [1.82, 2.24) is 5.32 Å². The van der Waals surface area contributed by atoms with Gasteiger partial charge in [0.1, 0.15) is 0 Å². The third-order valence-corrected chi connectivity index (χ3v) is 3.64. The molecule has 0 aliphatic carbocycles. The number of hydrogen-bond acceptors (Lipinski definition) is 2. The van der Waals surface area contributed by atoms with Gasteiger partial charge < -0.3 is 10.6 Å². The van der Waals surface area contributed by atoms with Crippen LogP contribution >= 0.6 is 12.2 Å². The number of aryl methyl sites for hydroxylation is 1. The first-order valence-corrected chi connectivity index (χ1v) is 7.59. The van der Waals surface area contributed by atoms with Crippen molar-refractivity contribution in [3.63, 3.8) is 0 Å². The normalized spacial score (nSPS) is 11.3. The van der Waals surface area contributed by atoms with E-state index in [0.29, 0.717) is 11.5 Å². The van der Waals surface area contributed by atoms with E-state index in [0.717, 1.165) is 11.3 Å². The molecule has 0 fully saturated rings. The molecule has 0 radical (unpaired) electrons. The highest BCUT2D eigenvalue weighted by Crippen LogP contribution is 2.14. The molecule has 3 nitrogen and oxygen atoms in total. The van der Waals surface area contributed by atoms with E-state index in [2.05, 4.69) is 54.8 Å². The van der Waals surface area contributed by atoms with Gasteiger partial charge in [0.05, 0.1) is 18.5 Å². The Kier molecular flexibility index (Phi) is 5.51. The summed E-state index contributed by atoms with van der Waals surface area (Å²) in [5.41, 5.74) is 4.35. The number of nitriles is 1. The molecule has 22 heavy (non-hydrogen) atoms. The molecule has 0 aliphatic heterocycles. The summed E-state index contributed by atoms with van der Waals surface area (Å²) in [7, 11) is 0. The van der Waals surface area contributed by atoms with E-state index in [1.54, 1.807) is 0 Å². The van der Waals surface area contributed by atoms with Gasteiger partial charge in [0.25, 0.3) is 0 Å². The van der Waals surface area contributed by atoms with Crippen LogP contribution in [0.2, 0.25) is 0 Å². The summed E-state index contributed by atoms with van der Waals surface area (Å²) in [6.07, 6.45) is 0.424. The van der Waals surface area contributed by atoms with Gasteiger partial charge in [-0.25, -0.2) is 0 Å². The van der Waals surface area contributed by atoms with E-state index in [9.17, 15) is 0 Å². The van der Waals surface area contributed by atoms with Gasteiger partial charge in [-0.3, -0.25) is 0 Å². The predicted octanol–water partition coefficient (Wildman–Crippen LogP) is 4.11. The van der Waals surface area contributed by atoms with Crippen LogP contribution in [-0.4, -0.2) is 5.11 Å². The summed E-state index contributed by atoms with van der Waals surface area (Å²) in [4.78, 5) is 0. The number of nitrogens with zero attached hydrogens (tertiary/aromatic N) is 1. The smallest absolute Gasteiger partial charge is 0.171 e. The summed E-state index contributed by atoms with van der Waals surface area (Å²) < 4.78 is 0. The highest BCUT2D eigenvalue weighted by Gasteiger charge is 2.07. The summed E-state index contributed by atoms with van der Waals surface area (Å²) in [5.74, 6) is 0. The van der Waals surface area contributed by atoms with Gasteiger partial charge >= 0.3 is 0 Å². The summed E-state index contributed by atoms with van der Waals surface area (Å²) in [6.45, 7) is 4.15. The van der Waals surface area contributed by atoms with E-state index in [1.807, 2.05) is 24.3 Å². The Balaban J connectivity index is 1.92. The van der Waals surface area contributed by atoms with Crippen LogP contribution in [0.25, 0.3) is 0 Å². The maximum absolute atomic E-state index is 8.66. The maximum atomic E-state index is 8.66. The molecule has 0 bridgehead atoms. The molecule has 0 heterocycles. The SMILES string of the molecule is Cc1ccc(C(C)NC(=S)Nc2ccc(CC#N)cc2)cc1. The third kappa shape index (κ3) is 4.57. The number of thiocarbonyl (C=S) groups is 1. The van der Waals surface area contributed by atoms with Gasteiger partial charge in [-0.2, -0.15) is 5.26 Å². The molecular formula is C18H19N3S. The zero-order chi connectivity index (χ0) is 15.9. The van der Waals surface area contributed by atoms with Gasteiger partial charge in [-0.1, -0.05) is 42.0 Å². The van der Waals surface area contributed by atoms with Crippen LogP contribution in [-0.2, 0) is 6.42 Å². The van der Waals surface area contributed by atoms with E-state index < -0.39 is 0 Å². The Morgan fingerprint density at radius 3 is 2.36 bits per heavy atom. The van der Waals surface area contributed by atoms with Gasteiger partial charge in [0.15, 0.2) is 5.11 Å². The lowest BCUT2D eigenvalue weighted by molar-refractivity contribution is 0.722. The molecule has 2 N–H and O–H groups in total. The largest absolute Gasteiger partial charge is 0.356 e. The molecule has 4 heteroatoms. The topological polar surface area (TPSA) is 47.8 Å². The molecule has 0 saturated heterocycles. The first-order chi connectivity index (χ1) is 10.6. The Morgan fingerprint density at radius 2 is 1.77 bits per heavy atom. The van der Waals surface area contributed by atoms with Crippen molar-refractivity contribution in [2.24, 2.45) is 0 Å². The zero-order valence-corrected chi connectivity index (χ0v) is 13.6. The Bertz CT molecular complexity index is 669. The van der Waals surface area contributed by atoms with Crippen molar-refractivity contribution in [3.8, 4) is 6.07 Å². The molecule has 1 unspecified atom stereocenters. The van der Waals surface area contributed by atoms with Crippen molar-refractivity contribution in [1.29, 1.82) is 5.26 Å². The quantitative estimate of drug-likeness (QED) is 0.835. The number of hydrogen-bond donors (Lipinski definition) is 2. The lowest BCUT2D eigenvalue weighted by Gasteiger charge is -2.17. The first-order valence-electron chi connectivity index (χ1n) is 7.18. The highest BCUT2D eigenvalue weighted by molar-refractivity contribution is 7.80. The van der Waals surface area contributed by atoms with Crippen molar-refractivity contribution in [3.05, 3.63) is 65.2 Å².